The summed E-state index contributed by atoms with van der Waals surface area (Å²) < 4.78 is 18.6. The first-order valence-electron chi connectivity index (χ1n) is 8.53. The molecular formula is C20H21FN2O2S. The molecular weight excluding hydrogens is 351 g/mol. The van der Waals surface area contributed by atoms with E-state index in [-0.39, 0.29) is 17.8 Å². The van der Waals surface area contributed by atoms with Crippen LogP contribution in [0.4, 0.5) is 4.39 Å². The Bertz CT molecular complexity index is 788. The lowest BCUT2D eigenvalue weighted by atomic mass is 10.2. The number of thioether (sulfide) groups is 1. The predicted octanol–water partition coefficient (Wildman–Crippen LogP) is 4.36. The number of amides is 1. The molecule has 1 amide bonds. The first kappa shape index (κ1) is 18.5. The van der Waals surface area contributed by atoms with E-state index in [1.54, 1.807) is 29.2 Å². The average molecular weight is 372 g/mol. The van der Waals surface area contributed by atoms with E-state index in [0.717, 1.165) is 11.3 Å². The van der Waals surface area contributed by atoms with Gasteiger partial charge in [-0.1, -0.05) is 23.9 Å². The summed E-state index contributed by atoms with van der Waals surface area (Å²) in [5.41, 5.74) is 1.60. The second kappa shape index (κ2) is 8.36. The zero-order chi connectivity index (χ0) is 18.5. The summed E-state index contributed by atoms with van der Waals surface area (Å²) in [7, 11) is 0. The summed E-state index contributed by atoms with van der Waals surface area (Å²) in [5.74, 6) is 1.07. The number of hydrogen-bond donors (Lipinski definition) is 0. The minimum absolute atomic E-state index is 0.0658. The first-order valence-corrected chi connectivity index (χ1v) is 9.52. The standard InChI is InChI=1S/C20H21FN2O2S/c1-14(2)25-18-9-5-16(6-10-18)19(24)23-12-11-22-20(23)26-13-15-3-7-17(21)8-4-15/h3-10,14H,11-13H2,1-2H3. The summed E-state index contributed by atoms with van der Waals surface area (Å²) in [5, 5.41) is 0.710. The van der Waals surface area contributed by atoms with Gasteiger partial charge in [-0.05, 0) is 55.8 Å². The van der Waals surface area contributed by atoms with Gasteiger partial charge in [-0.25, -0.2) is 4.39 Å². The molecule has 1 aliphatic heterocycles. The Morgan fingerprint density at radius 3 is 2.54 bits per heavy atom. The van der Waals surface area contributed by atoms with Crippen LogP contribution >= 0.6 is 11.8 Å². The minimum atomic E-state index is -0.251. The fourth-order valence-corrected chi connectivity index (χ4v) is 3.57. The van der Waals surface area contributed by atoms with Crippen molar-refractivity contribution in [2.75, 3.05) is 13.1 Å². The van der Waals surface area contributed by atoms with Crippen LogP contribution in [-0.4, -0.2) is 35.2 Å². The lowest BCUT2D eigenvalue weighted by Gasteiger charge is -2.18. The smallest absolute Gasteiger partial charge is 0.259 e. The highest BCUT2D eigenvalue weighted by molar-refractivity contribution is 8.13. The number of carbonyl (C=O) groups is 1. The van der Waals surface area contributed by atoms with E-state index in [1.807, 2.05) is 26.0 Å². The maximum atomic E-state index is 13.0. The van der Waals surface area contributed by atoms with Crippen molar-refractivity contribution in [1.82, 2.24) is 4.90 Å². The van der Waals surface area contributed by atoms with Crippen LogP contribution in [0.25, 0.3) is 0 Å². The topological polar surface area (TPSA) is 41.9 Å². The summed E-state index contributed by atoms with van der Waals surface area (Å²) in [4.78, 5) is 18.9. The van der Waals surface area contributed by atoms with Crippen LogP contribution in [-0.2, 0) is 5.75 Å². The molecule has 0 aliphatic carbocycles. The van der Waals surface area contributed by atoms with Crippen molar-refractivity contribution in [3.05, 3.63) is 65.5 Å². The Hall–Kier alpha value is -2.34. The molecule has 0 saturated heterocycles. The van der Waals surface area contributed by atoms with Crippen molar-refractivity contribution in [3.8, 4) is 5.75 Å². The number of hydrogen-bond acceptors (Lipinski definition) is 4. The van der Waals surface area contributed by atoms with Gasteiger partial charge in [-0.15, -0.1) is 0 Å². The van der Waals surface area contributed by atoms with Gasteiger partial charge in [0.2, 0.25) is 0 Å². The van der Waals surface area contributed by atoms with Gasteiger partial charge in [0.05, 0.1) is 12.6 Å². The molecule has 0 N–H and O–H groups in total. The third-order valence-electron chi connectivity index (χ3n) is 3.80. The third-order valence-corrected chi connectivity index (χ3v) is 4.89. The molecule has 0 atom stereocenters. The van der Waals surface area contributed by atoms with Crippen LogP contribution in [0, 0.1) is 5.82 Å². The molecule has 0 spiro atoms. The van der Waals surface area contributed by atoms with Gasteiger partial charge in [0.15, 0.2) is 5.17 Å². The lowest BCUT2D eigenvalue weighted by molar-refractivity contribution is 0.0860. The Kier molecular flexibility index (Phi) is 5.93. The minimum Gasteiger partial charge on any atom is -0.491 e. The van der Waals surface area contributed by atoms with Crippen molar-refractivity contribution in [2.24, 2.45) is 4.99 Å². The molecule has 0 bridgehead atoms. The molecule has 2 aromatic carbocycles. The molecule has 0 radical (unpaired) electrons. The number of nitrogens with zero attached hydrogens (tertiary/aromatic N) is 2. The monoisotopic (exact) mass is 372 g/mol. The first-order chi connectivity index (χ1) is 12.5. The molecule has 0 aromatic heterocycles. The third kappa shape index (κ3) is 4.64. The molecule has 2 aromatic rings. The van der Waals surface area contributed by atoms with E-state index in [4.69, 9.17) is 4.74 Å². The van der Waals surface area contributed by atoms with Crippen LogP contribution in [0.3, 0.4) is 0 Å². The quantitative estimate of drug-likeness (QED) is 0.783. The van der Waals surface area contributed by atoms with Crippen LogP contribution in [0.5, 0.6) is 5.75 Å². The van der Waals surface area contributed by atoms with Crippen LogP contribution in [0.2, 0.25) is 0 Å². The van der Waals surface area contributed by atoms with E-state index in [9.17, 15) is 9.18 Å². The number of amidine groups is 1. The number of benzene rings is 2. The Balaban J connectivity index is 1.63. The normalized spacial score (nSPS) is 13.8. The maximum absolute atomic E-state index is 13.0. The molecule has 136 valence electrons. The van der Waals surface area contributed by atoms with E-state index in [1.165, 1.54) is 23.9 Å². The fourth-order valence-electron chi connectivity index (χ4n) is 2.57. The molecule has 26 heavy (non-hydrogen) atoms. The lowest BCUT2D eigenvalue weighted by Crippen LogP contribution is -2.32. The second-order valence-corrected chi connectivity index (χ2v) is 7.17. The van der Waals surface area contributed by atoms with Gasteiger partial charge >= 0.3 is 0 Å². The number of rotatable bonds is 5. The van der Waals surface area contributed by atoms with E-state index >= 15 is 0 Å². The highest BCUT2D eigenvalue weighted by Gasteiger charge is 2.25. The molecule has 0 saturated carbocycles. The average Bonchev–Trinajstić information content (AvgIpc) is 3.09. The van der Waals surface area contributed by atoms with Gasteiger partial charge in [-0.3, -0.25) is 14.7 Å². The number of halogens is 1. The summed E-state index contributed by atoms with van der Waals surface area (Å²) in [6, 6.07) is 13.6. The van der Waals surface area contributed by atoms with E-state index < -0.39 is 0 Å². The molecule has 0 fully saturated rings. The Labute approximate surface area is 157 Å². The van der Waals surface area contributed by atoms with Crippen molar-refractivity contribution in [3.63, 3.8) is 0 Å². The second-order valence-electron chi connectivity index (χ2n) is 6.23. The van der Waals surface area contributed by atoms with E-state index in [0.29, 0.717) is 29.6 Å². The highest BCUT2D eigenvalue weighted by atomic mass is 32.2. The Morgan fingerprint density at radius 2 is 1.88 bits per heavy atom. The van der Waals surface area contributed by atoms with Crippen LogP contribution < -0.4 is 4.74 Å². The molecule has 4 nitrogen and oxygen atoms in total. The zero-order valence-electron chi connectivity index (χ0n) is 14.8. The SMILES string of the molecule is CC(C)Oc1ccc(C(=O)N2CCN=C2SCc2ccc(F)cc2)cc1. The molecule has 0 unspecified atom stereocenters. The number of carbonyl (C=O) groups excluding carboxylic acids is 1. The van der Waals surface area contributed by atoms with Crippen molar-refractivity contribution in [1.29, 1.82) is 0 Å². The van der Waals surface area contributed by atoms with Gasteiger partial charge in [0.25, 0.3) is 5.91 Å². The molecule has 3 rings (SSSR count). The molecule has 1 heterocycles. The molecule has 1 aliphatic rings. The predicted molar refractivity (Wildman–Crippen MR) is 103 cm³/mol. The number of aliphatic imine (C=N–C) groups is 1. The molecule has 6 heteroatoms. The van der Waals surface area contributed by atoms with E-state index in [2.05, 4.69) is 4.99 Å². The van der Waals surface area contributed by atoms with Crippen LogP contribution in [0.1, 0.15) is 29.8 Å². The zero-order valence-corrected chi connectivity index (χ0v) is 15.6. The largest absolute Gasteiger partial charge is 0.491 e. The van der Waals surface area contributed by atoms with Crippen molar-refractivity contribution < 1.29 is 13.9 Å². The highest BCUT2D eigenvalue weighted by Crippen LogP contribution is 2.22. The summed E-state index contributed by atoms with van der Waals surface area (Å²) >= 11 is 1.49. The number of ether oxygens (including phenoxy) is 1. The van der Waals surface area contributed by atoms with Gasteiger partial charge in [-0.2, -0.15) is 0 Å². The maximum Gasteiger partial charge on any atom is 0.259 e. The van der Waals surface area contributed by atoms with Gasteiger partial charge in [0.1, 0.15) is 11.6 Å². The van der Waals surface area contributed by atoms with Gasteiger partial charge in [0, 0.05) is 17.9 Å². The Morgan fingerprint density at radius 1 is 1.19 bits per heavy atom. The summed E-state index contributed by atoms with van der Waals surface area (Å²) in [6.07, 6.45) is 0.0942. The van der Waals surface area contributed by atoms with Crippen LogP contribution in [0.15, 0.2) is 53.5 Å². The fraction of sp³-hybridized carbons (Fsp3) is 0.300. The van der Waals surface area contributed by atoms with Gasteiger partial charge < -0.3 is 4.74 Å². The van der Waals surface area contributed by atoms with Crippen molar-refractivity contribution in [2.45, 2.75) is 25.7 Å². The van der Waals surface area contributed by atoms with Crippen molar-refractivity contribution >= 4 is 22.8 Å². The summed E-state index contributed by atoms with van der Waals surface area (Å²) in [6.45, 7) is 5.11.